The van der Waals surface area contributed by atoms with Crippen LogP contribution in [0.1, 0.15) is 61.1 Å². The summed E-state index contributed by atoms with van der Waals surface area (Å²) in [6, 6.07) is 69.2. The van der Waals surface area contributed by atoms with E-state index in [0.29, 0.717) is 11.1 Å². The molecule has 0 radical (unpaired) electrons. The first-order valence-corrected chi connectivity index (χ1v) is 24.5. The van der Waals surface area contributed by atoms with Gasteiger partial charge in [0.15, 0.2) is 0 Å². The van der Waals surface area contributed by atoms with Crippen molar-refractivity contribution in [1.82, 2.24) is 0 Å². The molecule has 72 heavy (non-hydrogen) atoms. The lowest BCUT2D eigenvalue weighted by Crippen LogP contribution is -2.30. The first-order valence-electron chi connectivity index (χ1n) is 24.5. The number of rotatable bonds is 2. The molecule has 2 aliphatic rings. The third-order valence-electron chi connectivity index (χ3n) is 16.3. The molecule has 0 spiro atoms. The Morgan fingerprint density at radius 3 is 1.22 bits per heavy atom. The van der Waals surface area contributed by atoms with E-state index < -0.39 is 0 Å². The number of nitriles is 2. The van der Waals surface area contributed by atoms with E-state index in [1.54, 1.807) is 0 Å². The van der Waals surface area contributed by atoms with Crippen LogP contribution in [-0.4, -0.2) is 0 Å². The highest BCUT2D eigenvalue weighted by Crippen LogP contribution is 2.58. The summed E-state index contributed by atoms with van der Waals surface area (Å²) in [4.78, 5) is 4.69. The third-order valence-corrected chi connectivity index (χ3v) is 16.3. The minimum absolute atomic E-state index is 0.344. The second kappa shape index (κ2) is 14.1. The number of benzene rings is 11. The summed E-state index contributed by atoms with van der Waals surface area (Å²) < 4.78 is 13.6. The lowest BCUT2D eigenvalue weighted by Gasteiger charge is -2.42. The van der Waals surface area contributed by atoms with Crippen LogP contribution in [-0.2, 0) is 10.8 Å². The van der Waals surface area contributed by atoms with Gasteiger partial charge in [0.2, 0.25) is 0 Å². The van der Waals surface area contributed by atoms with Crippen molar-refractivity contribution in [1.29, 1.82) is 10.5 Å². The Labute approximate surface area is 414 Å². The molecule has 338 valence electrons. The number of fused-ring (bicyclic) bond motifs is 18. The molecule has 6 heteroatoms. The van der Waals surface area contributed by atoms with Crippen molar-refractivity contribution in [3.8, 4) is 12.1 Å². The van der Waals surface area contributed by atoms with Crippen LogP contribution >= 0.6 is 0 Å². The van der Waals surface area contributed by atoms with Crippen LogP contribution in [0.5, 0.6) is 0 Å². The highest BCUT2D eigenvalue weighted by atomic mass is 16.3. The summed E-state index contributed by atoms with van der Waals surface area (Å²) in [5.74, 6) is 0. The van der Waals surface area contributed by atoms with Crippen LogP contribution in [0.4, 0.5) is 34.1 Å². The summed E-state index contributed by atoms with van der Waals surface area (Å²) in [5.41, 5.74) is 14.4. The summed E-state index contributed by atoms with van der Waals surface area (Å²) in [6.45, 7) is 9.18. The first-order chi connectivity index (χ1) is 35.1. The van der Waals surface area contributed by atoms with Gasteiger partial charge in [-0.25, -0.2) is 0 Å². The fourth-order valence-corrected chi connectivity index (χ4v) is 12.8. The average Bonchev–Trinajstić information content (AvgIpc) is 4.00. The highest BCUT2D eigenvalue weighted by molar-refractivity contribution is 6.23. The molecule has 4 heterocycles. The second-order valence-electron chi connectivity index (χ2n) is 20.6. The van der Waals surface area contributed by atoms with E-state index in [0.717, 1.165) is 121 Å². The molecule has 2 aliphatic heterocycles. The third kappa shape index (κ3) is 5.15. The molecule has 0 amide bonds. The lowest BCUT2D eigenvalue weighted by molar-refractivity contribution is 0.631. The Hall–Kier alpha value is -9.36. The number of anilines is 6. The first kappa shape index (κ1) is 40.5. The van der Waals surface area contributed by atoms with Gasteiger partial charge in [-0.2, -0.15) is 10.5 Å². The van der Waals surface area contributed by atoms with E-state index in [4.69, 9.17) is 8.83 Å². The molecular formula is C66H42N4O2. The maximum absolute atomic E-state index is 11.3. The molecule has 2 aromatic heterocycles. The Morgan fingerprint density at radius 1 is 0.375 bits per heavy atom. The predicted molar refractivity (Wildman–Crippen MR) is 294 cm³/mol. The van der Waals surface area contributed by atoms with Gasteiger partial charge < -0.3 is 18.6 Å². The Morgan fingerprint density at radius 2 is 0.778 bits per heavy atom. The number of para-hydroxylation sites is 2. The molecule has 15 rings (SSSR count). The van der Waals surface area contributed by atoms with E-state index >= 15 is 0 Å². The zero-order valence-corrected chi connectivity index (χ0v) is 39.9. The van der Waals surface area contributed by atoms with Crippen molar-refractivity contribution in [2.24, 2.45) is 0 Å². The van der Waals surface area contributed by atoms with Crippen LogP contribution in [0.3, 0.4) is 0 Å². The second-order valence-corrected chi connectivity index (χ2v) is 20.6. The van der Waals surface area contributed by atoms with E-state index in [9.17, 15) is 10.5 Å². The van der Waals surface area contributed by atoms with Gasteiger partial charge in [-0.15, -0.1) is 0 Å². The SMILES string of the molecule is CC1(C)c2ccccc2N(c2ccc3c(C#N)c4cc(N5c6ccccc6C(C)(C)c6ccc7oc8c9ccccc9ccc8c7c65)ccc4c(C#N)c3c2)c2c1ccc1oc3c4ccccc4ccc3c21. The Kier molecular flexibility index (Phi) is 7.95. The fourth-order valence-electron chi connectivity index (χ4n) is 12.8. The van der Waals surface area contributed by atoms with Crippen LogP contribution < -0.4 is 9.80 Å². The zero-order valence-electron chi connectivity index (χ0n) is 39.9. The maximum atomic E-state index is 11.3. The maximum Gasteiger partial charge on any atom is 0.143 e. The van der Waals surface area contributed by atoms with Crippen molar-refractivity contribution in [3.05, 3.63) is 215 Å². The van der Waals surface area contributed by atoms with Crippen LogP contribution in [0.15, 0.2) is 191 Å². The molecule has 0 fully saturated rings. The van der Waals surface area contributed by atoms with E-state index in [2.05, 4.69) is 219 Å². The number of furan rings is 2. The van der Waals surface area contributed by atoms with E-state index in [-0.39, 0.29) is 10.8 Å². The Balaban J connectivity index is 0.969. The quantitative estimate of drug-likeness (QED) is 0.161. The molecule has 6 nitrogen and oxygen atoms in total. The highest BCUT2D eigenvalue weighted by Gasteiger charge is 2.41. The molecule has 0 aliphatic carbocycles. The summed E-state index contributed by atoms with van der Waals surface area (Å²) in [5, 5.41) is 34.1. The molecule has 0 atom stereocenters. The van der Waals surface area contributed by atoms with E-state index in [1.165, 1.54) is 22.3 Å². The average molecular weight is 923 g/mol. The zero-order chi connectivity index (χ0) is 48.4. The summed E-state index contributed by atoms with van der Waals surface area (Å²) >= 11 is 0. The van der Waals surface area contributed by atoms with Crippen LogP contribution in [0, 0.1) is 22.7 Å². The van der Waals surface area contributed by atoms with Gasteiger partial charge in [-0.1, -0.05) is 149 Å². The normalized spacial score (nSPS) is 14.5. The summed E-state index contributed by atoms with van der Waals surface area (Å²) in [7, 11) is 0. The fraction of sp³-hybridized carbons (Fsp3) is 0.0909. The molecule has 0 unspecified atom stereocenters. The van der Waals surface area contributed by atoms with Crippen molar-refractivity contribution >= 4 is 121 Å². The van der Waals surface area contributed by atoms with Crippen molar-refractivity contribution in [2.45, 2.75) is 38.5 Å². The molecule has 11 aromatic carbocycles. The smallest absolute Gasteiger partial charge is 0.143 e. The van der Waals surface area contributed by atoms with Gasteiger partial charge in [0.1, 0.15) is 34.5 Å². The standard InChI is InChI=1S/C66H42N4O2/c1-65(2)51-17-9-11-19-55(51)69(61-53(65)29-31-57-59(61)45-25-21-37-13-5-7-15-41(37)63(45)71-57)39-23-27-43-47(33-39)49(35-67)44-28-24-40(34-48(44)50(43)36-68)70-56-20-12-10-18-52(56)66(3,4)54-30-32-58-60(62(54)70)46-26-22-38-14-6-8-16-42(38)64(46)72-58/h5-34H,1-4H3. The van der Waals surface area contributed by atoms with Crippen molar-refractivity contribution in [3.63, 3.8) is 0 Å². The lowest BCUT2D eigenvalue weighted by atomic mass is 9.73. The van der Waals surface area contributed by atoms with Crippen molar-refractivity contribution < 1.29 is 8.83 Å². The predicted octanol–water partition coefficient (Wildman–Crippen LogP) is 18.1. The van der Waals surface area contributed by atoms with Gasteiger partial charge in [-0.3, -0.25) is 0 Å². The van der Waals surface area contributed by atoms with Crippen LogP contribution in [0.2, 0.25) is 0 Å². The van der Waals surface area contributed by atoms with Gasteiger partial charge in [-0.05, 0) is 93.7 Å². The number of hydrogen-bond acceptors (Lipinski definition) is 6. The minimum Gasteiger partial charge on any atom is -0.455 e. The van der Waals surface area contributed by atoms with Gasteiger partial charge in [0, 0.05) is 65.3 Å². The van der Waals surface area contributed by atoms with E-state index in [1.807, 2.05) is 12.1 Å². The van der Waals surface area contributed by atoms with Crippen LogP contribution in [0.25, 0.3) is 87.0 Å². The minimum atomic E-state index is -0.344. The Bertz CT molecular complexity index is 4390. The topological polar surface area (TPSA) is 80.3 Å². The van der Waals surface area contributed by atoms with Gasteiger partial charge >= 0.3 is 0 Å². The van der Waals surface area contributed by atoms with Gasteiger partial charge in [0.05, 0.1) is 44.6 Å². The van der Waals surface area contributed by atoms with Gasteiger partial charge in [0.25, 0.3) is 0 Å². The largest absolute Gasteiger partial charge is 0.455 e. The number of nitrogens with zero attached hydrogens (tertiary/aromatic N) is 4. The molecule has 0 bridgehead atoms. The molecular weight excluding hydrogens is 881 g/mol. The number of hydrogen-bond donors (Lipinski definition) is 0. The summed E-state index contributed by atoms with van der Waals surface area (Å²) in [6.07, 6.45) is 0. The molecule has 0 N–H and O–H groups in total. The molecule has 0 saturated carbocycles. The molecule has 0 saturated heterocycles. The van der Waals surface area contributed by atoms with Crippen molar-refractivity contribution in [2.75, 3.05) is 9.80 Å². The molecule has 13 aromatic rings. The monoisotopic (exact) mass is 922 g/mol.